The lowest BCUT2D eigenvalue weighted by atomic mass is 10.0. The van der Waals surface area contributed by atoms with Gasteiger partial charge in [-0.3, -0.25) is 0 Å². The minimum absolute atomic E-state index is 0.0458. The summed E-state index contributed by atoms with van der Waals surface area (Å²) in [7, 11) is -4.03. The van der Waals surface area contributed by atoms with Crippen molar-refractivity contribution in [3.8, 4) is 0 Å². The van der Waals surface area contributed by atoms with Crippen LogP contribution in [0.5, 0.6) is 0 Å². The maximum absolute atomic E-state index is 13.2. The molecule has 0 unspecified atom stereocenters. The predicted molar refractivity (Wildman–Crippen MR) is 81.6 cm³/mol. The minimum atomic E-state index is -4.65. The number of sulfone groups is 1. The second-order valence-electron chi connectivity index (χ2n) is 5.17. The molecule has 0 spiro atoms. The lowest BCUT2D eigenvalue weighted by molar-refractivity contribution is -0.138. The molecule has 1 atom stereocenters. The predicted octanol–water partition coefficient (Wildman–Crippen LogP) is 3.49. The van der Waals surface area contributed by atoms with E-state index in [2.05, 4.69) is 0 Å². The third kappa shape index (κ3) is 3.56. The summed E-state index contributed by atoms with van der Waals surface area (Å²) in [6, 6.07) is 10.6. The Morgan fingerprint density at radius 2 is 1.61 bits per heavy atom. The van der Waals surface area contributed by atoms with Gasteiger partial charge >= 0.3 is 6.18 Å². The lowest BCUT2D eigenvalue weighted by Gasteiger charge is -2.21. The third-order valence-electron chi connectivity index (χ3n) is 3.55. The fourth-order valence-electron chi connectivity index (χ4n) is 2.35. The van der Waals surface area contributed by atoms with Crippen molar-refractivity contribution in [2.24, 2.45) is 5.73 Å². The van der Waals surface area contributed by atoms with Gasteiger partial charge in [-0.1, -0.05) is 35.9 Å². The zero-order chi connectivity index (χ0) is 17.3. The van der Waals surface area contributed by atoms with Gasteiger partial charge in [-0.05, 0) is 30.7 Å². The van der Waals surface area contributed by atoms with Crippen molar-refractivity contribution < 1.29 is 21.6 Å². The Hall–Kier alpha value is -1.86. The van der Waals surface area contributed by atoms with E-state index in [1.54, 1.807) is 19.1 Å². The van der Waals surface area contributed by atoms with Gasteiger partial charge < -0.3 is 5.73 Å². The average Bonchev–Trinajstić information content (AvgIpc) is 2.47. The van der Waals surface area contributed by atoms with Crippen molar-refractivity contribution >= 4 is 9.84 Å². The van der Waals surface area contributed by atoms with E-state index in [0.29, 0.717) is 0 Å². The molecule has 0 radical (unpaired) electrons. The third-order valence-corrected chi connectivity index (χ3v) is 5.68. The number of benzene rings is 2. The molecular weight excluding hydrogens is 327 g/mol. The maximum Gasteiger partial charge on any atom is 0.416 e. The van der Waals surface area contributed by atoms with Gasteiger partial charge in [0.05, 0.1) is 10.5 Å². The van der Waals surface area contributed by atoms with Crippen LogP contribution in [0.3, 0.4) is 0 Å². The van der Waals surface area contributed by atoms with Gasteiger partial charge in [0, 0.05) is 6.54 Å². The Labute approximate surface area is 132 Å². The number of halogens is 3. The van der Waals surface area contributed by atoms with Gasteiger partial charge in [-0.15, -0.1) is 0 Å². The van der Waals surface area contributed by atoms with Crippen LogP contribution in [0, 0.1) is 6.92 Å². The molecule has 0 saturated carbocycles. The number of hydrogen-bond donors (Lipinski definition) is 1. The van der Waals surface area contributed by atoms with Gasteiger partial charge in [0.15, 0.2) is 9.84 Å². The van der Waals surface area contributed by atoms with E-state index in [1.165, 1.54) is 24.3 Å². The highest BCUT2D eigenvalue weighted by molar-refractivity contribution is 7.91. The van der Waals surface area contributed by atoms with Gasteiger partial charge in [0.25, 0.3) is 0 Å². The zero-order valence-corrected chi connectivity index (χ0v) is 13.2. The van der Waals surface area contributed by atoms with E-state index < -0.39 is 33.4 Å². The molecule has 7 heteroatoms. The molecule has 3 nitrogen and oxygen atoms in total. The average molecular weight is 343 g/mol. The fourth-order valence-corrected chi connectivity index (χ4v) is 3.99. The first-order valence-corrected chi connectivity index (χ1v) is 8.39. The topological polar surface area (TPSA) is 60.2 Å². The summed E-state index contributed by atoms with van der Waals surface area (Å²) in [6.45, 7) is 1.35. The van der Waals surface area contributed by atoms with E-state index in [-0.39, 0.29) is 10.5 Å². The van der Waals surface area contributed by atoms with Crippen molar-refractivity contribution in [3.63, 3.8) is 0 Å². The Kier molecular flexibility index (Phi) is 4.81. The van der Waals surface area contributed by atoms with Gasteiger partial charge in [-0.2, -0.15) is 13.2 Å². The maximum atomic E-state index is 13.2. The van der Waals surface area contributed by atoms with Crippen LogP contribution in [0.15, 0.2) is 53.4 Å². The second kappa shape index (κ2) is 6.33. The van der Waals surface area contributed by atoms with E-state index in [4.69, 9.17) is 5.73 Å². The lowest BCUT2D eigenvalue weighted by Crippen LogP contribution is -2.25. The number of nitrogens with two attached hydrogens (primary N) is 1. The standard InChI is InChI=1S/C16H16F3NO2S/c1-11-6-8-12(9-7-11)23(21,22)15(10-20)13-4-2-3-5-14(13)16(17,18)19/h2-9,15H,10,20H2,1H3/t15-/m1/s1. The number of alkyl halides is 3. The highest BCUT2D eigenvalue weighted by atomic mass is 32.2. The second-order valence-corrected chi connectivity index (χ2v) is 7.30. The molecule has 2 aromatic carbocycles. The highest BCUT2D eigenvalue weighted by Gasteiger charge is 2.38. The van der Waals surface area contributed by atoms with Crippen LogP contribution in [0.1, 0.15) is 21.9 Å². The molecule has 2 N–H and O–H groups in total. The van der Waals surface area contributed by atoms with Gasteiger partial charge in [0.1, 0.15) is 5.25 Å². The first-order valence-electron chi connectivity index (χ1n) is 6.84. The monoisotopic (exact) mass is 343 g/mol. The van der Waals surface area contributed by atoms with Crippen LogP contribution >= 0.6 is 0 Å². The zero-order valence-electron chi connectivity index (χ0n) is 12.3. The van der Waals surface area contributed by atoms with Crippen molar-refractivity contribution in [1.29, 1.82) is 0 Å². The Bertz CT molecular complexity index is 784. The summed E-state index contributed by atoms with van der Waals surface area (Å²) in [6.07, 6.45) is -4.65. The molecule has 0 heterocycles. The van der Waals surface area contributed by atoms with Crippen LogP contribution in [-0.2, 0) is 16.0 Å². The Morgan fingerprint density at radius 3 is 2.13 bits per heavy atom. The molecular formula is C16H16F3NO2S. The van der Waals surface area contributed by atoms with Gasteiger partial charge in [0.2, 0.25) is 0 Å². The largest absolute Gasteiger partial charge is 0.416 e. The molecule has 0 aliphatic rings. The SMILES string of the molecule is Cc1ccc(S(=O)(=O)[C@H](CN)c2ccccc2C(F)(F)F)cc1. The molecule has 0 fully saturated rings. The van der Waals surface area contributed by atoms with Crippen molar-refractivity contribution in [1.82, 2.24) is 0 Å². The summed E-state index contributed by atoms with van der Waals surface area (Å²) in [5.74, 6) is 0. The summed E-state index contributed by atoms with van der Waals surface area (Å²) in [5.41, 5.74) is 5.06. The first-order chi connectivity index (χ1) is 10.7. The van der Waals surface area contributed by atoms with Gasteiger partial charge in [-0.25, -0.2) is 8.42 Å². The molecule has 124 valence electrons. The molecule has 0 aromatic heterocycles. The van der Waals surface area contributed by atoms with Crippen LogP contribution in [0.25, 0.3) is 0 Å². The van der Waals surface area contributed by atoms with Crippen molar-refractivity contribution in [2.45, 2.75) is 23.2 Å². The van der Waals surface area contributed by atoms with E-state index in [9.17, 15) is 21.6 Å². The van der Waals surface area contributed by atoms with E-state index >= 15 is 0 Å². The fraction of sp³-hybridized carbons (Fsp3) is 0.250. The molecule has 0 amide bonds. The molecule has 0 saturated heterocycles. The van der Waals surface area contributed by atoms with Crippen LogP contribution in [-0.4, -0.2) is 15.0 Å². The Balaban J connectivity index is 2.59. The Morgan fingerprint density at radius 1 is 1.04 bits per heavy atom. The number of aryl methyl sites for hydroxylation is 1. The molecule has 2 aromatic rings. The summed E-state index contributed by atoms with van der Waals surface area (Å²) in [5, 5.41) is -1.46. The molecule has 0 bridgehead atoms. The summed E-state index contributed by atoms with van der Waals surface area (Å²) < 4.78 is 64.9. The van der Waals surface area contributed by atoms with Crippen molar-refractivity contribution in [3.05, 3.63) is 65.2 Å². The number of hydrogen-bond acceptors (Lipinski definition) is 3. The van der Waals surface area contributed by atoms with E-state index in [1.807, 2.05) is 0 Å². The molecule has 0 aliphatic heterocycles. The number of rotatable bonds is 4. The smallest absolute Gasteiger partial charge is 0.329 e. The van der Waals surface area contributed by atoms with Crippen LogP contribution < -0.4 is 5.73 Å². The van der Waals surface area contributed by atoms with E-state index in [0.717, 1.165) is 17.7 Å². The normalized spacial score (nSPS) is 13.8. The molecule has 2 rings (SSSR count). The molecule has 0 aliphatic carbocycles. The summed E-state index contributed by atoms with van der Waals surface area (Å²) in [4.78, 5) is -0.0458. The summed E-state index contributed by atoms with van der Waals surface area (Å²) >= 11 is 0. The first kappa shape index (κ1) is 17.5. The quantitative estimate of drug-likeness (QED) is 0.924. The molecule has 23 heavy (non-hydrogen) atoms. The van der Waals surface area contributed by atoms with Crippen LogP contribution in [0.2, 0.25) is 0 Å². The van der Waals surface area contributed by atoms with Crippen molar-refractivity contribution in [2.75, 3.05) is 6.54 Å². The minimum Gasteiger partial charge on any atom is -0.329 e. The van der Waals surface area contributed by atoms with Crippen LogP contribution in [0.4, 0.5) is 13.2 Å². The highest BCUT2D eigenvalue weighted by Crippen LogP contribution is 2.38.